The maximum Gasteiger partial charge on any atom is 0.263 e. The van der Waals surface area contributed by atoms with Gasteiger partial charge in [0, 0.05) is 0 Å². The number of tetrazole rings is 1. The highest BCUT2D eigenvalue weighted by atomic mass is 35.5. The van der Waals surface area contributed by atoms with Crippen LogP contribution in [0.4, 0.5) is 5.69 Å². The van der Waals surface area contributed by atoms with Gasteiger partial charge in [-0.1, -0.05) is 41.6 Å². The molecule has 3 rings (SSSR count). The van der Waals surface area contributed by atoms with Crippen molar-refractivity contribution in [3.8, 4) is 5.69 Å². The second kappa shape index (κ2) is 6.80. The van der Waals surface area contributed by atoms with Gasteiger partial charge < -0.3 is 0 Å². The molecule has 0 amide bonds. The van der Waals surface area contributed by atoms with E-state index >= 15 is 0 Å². The zero-order valence-electron chi connectivity index (χ0n) is 12.4. The predicted molar refractivity (Wildman–Crippen MR) is 93.2 cm³/mol. The number of rotatable bonds is 5. The molecule has 0 aliphatic carbocycles. The molecule has 0 fully saturated rings. The molecule has 1 N–H and O–H groups in total. The van der Waals surface area contributed by atoms with E-state index in [9.17, 15) is 8.42 Å². The lowest BCUT2D eigenvalue weighted by Crippen LogP contribution is -2.13. The standard InChI is InChI=1S/C14H12ClN5O2S2/c1-23-14-16-18-19-20(14)11-6-4-5-10(9-11)17-24(21,22)13-8-3-2-7-12(13)15/h2-9,17H,1H3. The van der Waals surface area contributed by atoms with E-state index in [2.05, 4.69) is 20.2 Å². The van der Waals surface area contributed by atoms with Crippen molar-refractivity contribution in [2.75, 3.05) is 11.0 Å². The van der Waals surface area contributed by atoms with E-state index in [0.29, 0.717) is 16.5 Å². The van der Waals surface area contributed by atoms with Crippen LogP contribution in [-0.4, -0.2) is 34.9 Å². The van der Waals surface area contributed by atoms with Crippen molar-refractivity contribution in [2.45, 2.75) is 10.1 Å². The van der Waals surface area contributed by atoms with E-state index in [1.807, 2.05) is 6.26 Å². The zero-order valence-corrected chi connectivity index (χ0v) is 14.8. The van der Waals surface area contributed by atoms with E-state index < -0.39 is 10.0 Å². The first kappa shape index (κ1) is 16.7. The molecule has 0 spiro atoms. The Morgan fingerprint density at radius 1 is 1.17 bits per heavy atom. The monoisotopic (exact) mass is 381 g/mol. The number of hydrogen-bond acceptors (Lipinski definition) is 6. The van der Waals surface area contributed by atoms with Gasteiger partial charge in [-0.25, -0.2) is 8.42 Å². The van der Waals surface area contributed by atoms with Crippen LogP contribution in [-0.2, 0) is 10.0 Å². The Kier molecular flexibility index (Phi) is 4.74. The number of aromatic nitrogens is 4. The normalized spacial score (nSPS) is 11.4. The van der Waals surface area contributed by atoms with E-state index in [4.69, 9.17) is 11.6 Å². The average Bonchev–Trinajstić information content (AvgIpc) is 3.03. The van der Waals surface area contributed by atoms with E-state index in [1.54, 1.807) is 36.4 Å². The van der Waals surface area contributed by atoms with Crippen molar-refractivity contribution in [1.82, 2.24) is 20.2 Å². The van der Waals surface area contributed by atoms with Crippen LogP contribution in [0, 0.1) is 0 Å². The lowest BCUT2D eigenvalue weighted by molar-refractivity contribution is 0.601. The predicted octanol–water partition coefficient (Wildman–Crippen LogP) is 2.84. The Hall–Kier alpha value is -2.10. The van der Waals surface area contributed by atoms with Crippen molar-refractivity contribution < 1.29 is 8.42 Å². The van der Waals surface area contributed by atoms with Crippen LogP contribution < -0.4 is 4.72 Å². The third-order valence-electron chi connectivity index (χ3n) is 3.09. The summed E-state index contributed by atoms with van der Waals surface area (Å²) < 4.78 is 29.0. The maximum atomic E-state index is 12.5. The number of anilines is 1. The van der Waals surface area contributed by atoms with Gasteiger partial charge >= 0.3 is 0 Å². The Morgan fingerprint density at radius 3 is 2.71 bits per heavy atom. The van der Waals surface area contributed by atoms with Crippen LogP contribution in [0.3, 0.4) is 0 Å². The Bertz CT molecular complexity index is 975. The summed E-state index contributed by atoms with van der Waals surface area (Å²) in [7, 11) is -3.79. The van der Waals surface area contributed by atoms with Crippen LogP contribution in [0.15, 0.2) is 58.6 Å². The van der Waals surface area contributed by atoms with Crippen LogP contribution in [0.1, 0.15) is 0 Å². The molecule has 0 aliphatic rings. The summed E-state index contributed by atoms with van der Waals surface area (Å²) in [6, 6.07) is 13.0. The minimum atomic E-state index is -3.79. The van der Waals surface area contributed by atoms with Gasteiger partial charge in [0.2, 0.25) is 5.16 Å². The Morgan fingerprint density at radius 2 is 1.96 bits per heavy atom. The molecule has 7 nitrogen and oxygen atoms in total. The molecule has 1 aromatic heterocycles. The number of thioether (sulfide) groups is 1. The molecule has 0 saturated heterocycles. The first-order valence-electron chi connectivity index (χ1n) is 6.71. The van der Waals surface area contributed by atoms with Crippen LogP contribution in [0.2, 0.25) is 5.02 Å². The Balaban J connectivity index is 1.94. The van der Waals surface area contributed by atoms with Crippen LogP contribution in [0.25, 0.3) is 5.69 Å². The molecule has 0 unspecified atom stereocenters. The zero-order chi connectivity index (χ0) is 17.2. The van der Waals surface area contributed by atoms with Gasteiger partial charge in [-0.2, -0.15) is 4.68 Å². The third-order valence-corrected chi connectivity index (χ3v) is 5.59. The lowest BCUT2D eigenvalue weighted by atomic mass is 10.3. The number of halogens is 1. The summed E-state index contributed by atoms with van der Waals surface area (Å²) in [5, 5.41) is 12.2. The van der Waals surface area contributed by atoms with Crippen molar-refractivity contribution in [3.05, 3.63) is 53.6 Å². The van der Waals surface area contributed by atoms with E-state index in [1.165, 1.54) is 28.6 Å². The fourth-order valence-electron chi connectivity index (χ4n) is 2.04. The van der Waals surface area contributed by atoms with Gasteiger partial charge in [0.15, 0.2) is 0 Å². The summed E-state index contributed by atoms with van der Waals surface area (Å²) in [4.78, 5) is 0.0179. The van der Waals surface area contributed by atoms with Gasteiger partial charge in [0.1, 0.15) is 4.90 Å². The second-order valence-electron chi connectivity index (χ2n) is 4.66. The molecule has 2 aromatic carbocycles. The lowest BCUT2D eigenvalue weighted by Gasteiger charge is -2.10. The number of hydrogen-bond donors (Lipinski definition) is 1. The summed E-state index contributed by atoms with van der Waals surface area (Å²) in [6.07, 6.45) is 1.85. The molecule has 1 heterocycles. The van der Waals surface area contributed by atoms with Crippen molar-refractivity contribution >= 4 is 39.1 Å². The molecule has 0 bridgehead atoms. The van der Waals surface area contributed by atoms with Crippen molar-refractivity contribution in [1.29, 1.82) is 0 Å². The fraction of sp³-hybridized carbons (Fsp3) is 0.0714. The molecule has 10 heteroatoms. The minimum Gasteiger partial charge on any atom is -0.280 e. The molecular weight excluding hydrogens is 370 g/mol. The van der Waals surface area contributed by atoms with Crippen molar-refractivity contribution in [3.63, 3.8) is 0 Å². The maximum absolute atomic E-state index is 12.5. The molecule has 0 saturated carbocycles. The van der Waals surface area contributed by atoms with Gasteiger partial charge in [0.25, 0.3) is 10.0 Å². The van der Waals surface area contributed by atoms with Gasteiger partial charge in [-0.15, -0.1) is 5.10 Å². The molecule has 3 aromatic rings. The van der Waals surface area contributed by atoms with Crippen LogP contribution in [0.5, 0.6) is 0 Å². The topological polar surface area (TPSA) is 89.8 Å². The van der Waals surface area contributed by atoms with E-state index in [-0.39, 0.29) is 9.92 Å². The van der Waals surface area contributed by atoms with E-state index in [0.717, 1.165) is 0 Å². The molecule has 24 heavy (non-hydrogen) atoms. The second-order valence-corrected chi connectivity index (χ2v) is 7.50. The highest BCUT2D eigenvalue weighted by molar-refractivity contribution is 7.98. The van der Waals surface area contributed by atoms with Crippen molar-refractivity contribution in [2.24, 2.45) is 0 Å². The first-order chi connectivity index (χ1) is 11.5. The molecule has 0 radical (unpaired) electrons. The fourth-order valence-corrected chi connectivity index (χ4v) is 4.05. The number of nitrogens with zero attached hydrogens (tertiary/aromatic N) is 4. The highest BCUT2D eigenvalue weighted by Crippen LogP contribution is 2.24. The summed E-state index contributed by atoms with van der Waals surface area (Å²) >= 11 is 7.36. The molecule has 0 aliphatic heterocycles. The third kappa shape index (κ3) is 3.37. The SMILES string of the molecule is CSc1nnnn1-c1cccc(NS(=O)(=O)c2ccccc2Cl)c1. The van der Waals surface area contributed by atoms with Gasteiger partial charge in [-0.05, 0) is 47.0 Å². The quantitative estimate of drug-likeness (QED) is 0.683. The van der Waals surface area contributed by atoms with Gasteiger partial charge in [0.05, 0.1) is 16.4 Å². The van der Waals surface area contributed by atoms with Crippen LogP contribution >= 0.6 is 23.4 Å². The highest BCUT2D eigenvalue weighted by Gasteiger charge is 2.18. The number of benzene rings is 2. The molecule has 124 valence electrons. The number of nitrogens with one attached hydrogen (secondary N) is 1. The summed E-state index contributed by atoms with van der Waals surface area (Å²) in [6.45, 7) is 0. The smallest absolute Gasteiger partial charge is 0.263 e. The molecule has 0 atom stereocenters. The summed E-state index contributed by atoms with van der Waals surface area (Å²) in [5.41, 5.74) is 1.03. The minimum absolute atomic E-state index is 0.0179. The van der Waals surface area contributed by atoms with Gasteiger partial charge in [-0.3, -0.25) is 4.72 Å². The molecular formula is C14H12ClN5O2S2. The first-order valence-corrected chi connectivity index (χ1v) is 9.80. The largest absolute Gasteiger partial charge is 0.280 e. The Labute approximate surface area is 148 Å². The average molecular weight is 382 g/mol. The summed E-state index contributed by atoms with van der Waals surface area (Å²) in [5.74, 6) is 0. The number of sulfonamides is 1.